The molecule has 1 amide bonds. The molecule has 324 valence electrons. The summed E-state index contributed by atoms with van der Waals surface area (Å²) in [5.74, 6) is -0.951. The predicted molar refractivity (Wildman–Crippen MR) is 225 cm³/mol. The number of anilines is 1. The summed E-state index contributed by atoms with van der Waals surface area (Å²) in [4.78, 5) is 58.6. The second-order valence-corrected chi connectivity index (χ2v) is 15.1. The van der Waals surface area contributed by atoms with Crippen LogP contribution in [-0.4, -0.2) is 47.2 Å². The fourth-order valence-corrected chi connectivity index (χ4v) is 6.45. The molecule has 0 radical (unpaired) electrons. The van der Waals surface area contributed by atoms with E-state index in [1.807, 2.05) is 0 Å². The van der Waals surface area contributed by atoms with E-state index in [4.69, 9.17) is 14.2 Å². The molecule has 1 aromatic rings. The smallest absolute Gasteiger partial charge is 0.411 e. The number of carbonyl (C=O) groups is 3. The van der Waals surface area contributed by atoms with Crippen LogP contribution >= 0.6 is 0 Å². The first-order valence-electron chi connectivity index (χ1n) is 22.0. The minimum absolute atomic E-state index is 0.158. The van der Waals surface area contributed by atoms with Gasteiger partial charge in [-0.1, -0.05) is 154 Å². The third kappa shape index (κ3) is 29.8. The Morgan fingerprint density at radius 1 is 0.561 bits per heavy atom. The average molecular weight is 804 g/mol. The third-order valence-corrected chi connectivity index (χ3v) is 9.83. The molecule has 1 N–H and O–H groups in total. The Morgan fingerprint density at radius 3 is 1.39 bits per heavy atom. The van der Waals surface area contributed by atoms with Crippen molar-refractivity contribution >= 4 is 35.1 Å². The molecule has 13 heteroatoms. The lowest BCUT2D eigenvalue weighted by Crippen LogP contribution is -2.31. The highest BCUT2D eigenvalue weighted by Crippen LogP contribution is 2.26. The summed E-state index contributed by atoms with van der Waals surface area (Å²) in [7, 11) is 0. The van der Waals surface area contributed by atoms with Crippen molar-refractivity contribution in [2.45, 2.75) is 200 Å². The molecule has 0 aliphatic rings. The van der Waals surface area contributed by atoms with Crippen molar-refractivity contribution in [3.63, 3.8) is 0 Å². The molecule has 0 bridgehead atoms. The number of unbranched alkanes of at least 4 members (excludes halogenated alkanes) is 23. The number of nitro groups is 2. The van der Waals surface area contributed by atoms with Gasteiger partial charge in [-0.25, -0.2) is 4.79 Å². The second-order valence-electron chi connectivity index (χ2n) is 15.1. The number of carbonyl (C=O) groups excluding carboxylic acids is 3. The van der Waals surface area contributed by atoms with Gasteiger partial charge in [0.15, 0.2) is 6.10 Å². The van der Waals surface area contributed by atoms with E-state index in [9.17, 15) is 34.6 Å². The highest BCUT2D eigenvalue weighted by atomic mass is 16.6. The summed E-state index contributed by atoms with van der Waals surface area (Å²) in [6.07, 6.45) is 32.9. The number of hydrogen-bond donors (Lipinski definition) is 1. The topological polar surface area (TPSA) is 177 Å². The lowest BCUT2D eigenvalue weighted by Gasteiger charge is -2.18. The van der Waals surface area contributed by atoms with Crippen LogP contribution < -0.4 is 5.32 Å². The SMILES string of the molecule is CCCCCCCC/C=C\CCCCCCCC(=O)O[C@@H](COC(=O)CCCCCCCCCCCCCCC)COC(=O)Nc1cc([N+](=O)[O-])cc([N+](=O)[O-])c1. The lowest BCUT2D eigenvalue weighted by atomic mass is 10.0. The molecule has 0 saturated heterocycles. The monoisotopic (exact) mass is 804 g/mol. The summed E-state index contributed by atoms with van der Waals surface area (Å²) < 4.78 is 16.1. The first-order chi connectivity index (χ1) is 27.7. The first-order valence-corrected chi connectivity index (χ1v) is 22.0. The van der Waals surface area contributed by atoms with E-state index in [0.717, 1.165) is 76.0 Å². The number of ether oxygens (including phenoxy) is 3. The number of non-ortho nitro benzene ring substituents is 2. The molecule has 0 aliphatic carbocycles. The highest BCUT2D eigenvalue weighted by Gasteiger charge is 2.21. The Kier molecular flexibility index (Phi) is 31.4. The zero-order valence-corrected chi connectivity index (χ0v) is 35.2. The van der Waals surface area contributed by atoms with Crippen LogP contribution in [0.3, 0.4) is 0 Å². The Balaban J connectivity index is 2.47. The third-order valence-electron chi connectivity index (χ3n) is 9.83. The molecule has 0 aliphatic heterocycles. The van der Waals surface area contributed by atoms with E-state index in [1.165, 1.54) is 96.3 Å². The molecule has 13 nitrogen and oxygen atoms in total. The van der Waals surface area contributed by atoms with Crippen LogP contribution in [-0.2, 0) is 23.8 Å². The molecule has 0 fully saturated rings. The first kappa shape index (κ1) is 51.0. The fraction of sp³-hybridized carbons (Fsp3) is 0.750. The van der Waals surface area contributed by atoms with Crippen molar-refractivity contribution in [3.05, 3.63) is 50.6 Å². The van der Waals surface area contributed by atoms with Crippen molar-refractivity contribution in [1.29, 1.82) is 0 Å². The molecule has 0 aromatic heterocycles. The van der Waals surface area contributed by atoms with E-state index in [0.29, 0.717) is 12.8 Å². The largest absolute Gasteiger partial charge is 0.462 e. The summed E-state index contributed by atoms with van der Waals surface area (Å²) in [6.45, 7) is 3.68. The van der Waals surface area contributed by atoms with Gasteiger partial charge in [-0.05, 0) is 38.5 Å². The van der Waals surface area contributed by atoms with Gasteiger partial charge >= 0.3 is 18.0 Å². The Bertz CT molecular complexity index is 1260. The molecular weight excluding hydrogens is 730 g/mol. The van der Waals surface area contributed by atoms with Crippen LogP contribution in [0.15, 0.2) is 30.4 Å². The minimum atomic E-state index is -1.08. The van der Waals surface area contributed by atoms with Gasteiger partial charge in [-0.2, -0.15) is 0 Å². The molecule has 0 spiro atoms. The number of amides is 1. The molecule has 0 saturated carbocycles. The van der Waals surface area contributed by atoms with Crippen LogP contribution in [0.5, 0.6) is 0 Å². The van der Waals surface area contributed by atoms with E-state index in [2.05, 4.69) is 31.3 Å². The van der Waals surface area contributed by atoms with Crippen molar-refractivity contribution < 1.29 is 38.4 Å². The highest BCUT2D eigenvalue weighted by molar-refractivity contribution is 5.85. The summed E-state index contributed by atoms with van der Waals surface area (Å²) in [5.41, 5.74) is -1.39. The number of nitrogens with one attached hydrogen (secondary N) is 1. The van der Waals surface area contributed by atoms with Gasteiger partial charge in [0.1, 0.15) is 13.2 Å². The lowest BCUT2D eigenvalue weighted by molar-refractivity contribution is -0.394. The Hall–Kier alpha value is -4.03. The van der Waals surface area contributed by atoms with Crippen molar-refractivity contribution in [3.8, 4) is 0 Å². The summed E-state index contributed by atoms with van der Waals surface area (Å²) in [5, 5.41) is 24.7. The van der Waals surface area contributed by atoms with Gasteiger partial charge in [-0.15, -0.1) is 0 Å². The quantitative estimate of drug-likeness (QED) is 0.0170. The average Bonchev–Trinajstić information content (AvgIpc) is 3.18. The van der Waals surface area contributed by atoms with Crippen molar-refractivity contribution in [2.24, 2.45) is 0 Å². The molecule has 57 heavy (non-hydrogen) atoms. The van der Waals surface area contributed by atoms with E-state index < -0.39 is 52.0 Å². The Morgan fingerprint density at radius 2 is 0.947 bits per heavy atom. The van der Waals surface area contributed by atoms with Crippen LogP contribution in [0.2, 0.25) is 0 Å². The molecular formula is C44H73N3O10. The maximum absolute atomic E-state index is 12.7. The molecule has 1 rings (SSSR count). The standard InChI is InChI=1S/C44H73N3O10/c1-3-5-7-9-11-13-15-17-18-20-22-24-26-28-30-32-43(49)57-41(37-56-44(50)45-38-33-39(46(51)52)35-40(34-38)47(53)54)36-55-42(48)31-29-27-25-23-21-19-16-14-12-10-8-6-4-2/h17-18,33-35,41H,3-16,19-32,36-37H2,1-2H3,(H,45,50)/b18-17-/t41-/m0/s1. The number of rotatable bonds is 37. The molecule has 0 heterocycles. The maximum Gasteiger partial charge on any atom is 0.411 e. The van der Waals surface area contributed by atoms with Crippen molar-refractivity contribution in [2.75, 3.05) is 18.5 Å². The van der Waals surface area contributed by atoms with Crippen LogP contribution in [0.4, 0.5) is 21.9 Å². The molecule has 0 unspecified atom stereocenters. The van der Waals surface area contributed by atoms with Gasteiger partial charge in [-0.3, -0.25) is 35.1 Å². The Labute approximate surface area is 341 Å². The fourth-order valence-electron chi connectivity index (χ4n) is 6.45. The number of allylic oxidation sites excluding steroid dienone is 2. The van der Waals surface area contributed by atoms with Gasteiger partial charge in [0, 0.05) is 25.0 Å². The predicted octanol–water partition coefficient (Wildman–Crippen LogP) is 13.0. The number of esters is 2. The maximum atomic E-state index is 12.7. The normalized spacial score (nSPS) is 11.7. The van der Waals surface area contributed by atoms with E-state index >= 15 is 0 Å². The minimum Gasteiger partial charge on any atom is -0.462 e. The van der Waals surface area contributed by atoms with Gasteiger partial charge in [0.2, 0.25) is 0 Å². The van der Waals surface area contributed by atoms with Gasteiger partial charge < -0.3 is 14.2 Å². The number of nitrogens with zero attached hydrogens (tertiary/aromatic N) is 2. The summed E-state index contributed by atoms with van der Waals surface area (Å²) >= 11 is 0. The van der Waals surface area contributed by atoms with E-state index in [-0.39, 0.29) is 25.1 Å². The van der Waals surface area contributed by atoms with Crippen LogP contribution in [0.1, 0.15) is 194 Å². The second kappa shape index (κ2) is 35.2. The van der Waals surface area contributed by atoms with Crippen LogP contribution in [0.25, 0.3) is 0 Å². The van der Waals surface area contributed by atoms with Gasteiger partial charge in [0.05, 0.1) is 21.6 Å². The number of nitro benzene ring substituents is 2. The number of benzene rings is 1. The number of hydrogen-bond acceptors (Lipinski definition) is 10. The zero-order valence-electron chi connectivity index (χ0n) is 35.2. The molecule has 1 aromatic carbocycles. The van der Waals surface area contributed by atoms with Gasteiger partial charge in [0.25, 0.3) is 11.4 Å². The zero-order chi connectivity index (χ0) is 41.8. The molecule has 1 atom stereocenters. The van der Waals surface area contributed by atoms with Crippen LogP contribution in [0, 0.1) is 20.2 Å². The summed E-state index contributed by atoms with van der Waals surface area (Å²) in [6, 6.07) is 2.68. The van der Waals surface area contributed by atoms with Crippen molar-refractivity contribution in [1.82, 2.24) is 0 Å². The van der Waals surface area contributed by atoms with E-state index in [1.54, 1.807) is 0 Å².